The lowest BCUT2D eigenvalue weighted by molar-refractivity contribution is -0.116. The smallest absolute Gasteiger partial charge is 0.407 e. The topological polar surface area (TPSA) is 127 Å². The largest absolute Gasteiger partial charge is 0.453 e. The Bertz CT molecular complexity index is 1500. The number of ether oxygens (including phenoxy) is 1. The van der Waals surface area contributed by atoms with E-state index in [1.54, 1.807) is 0 Å². The highest BCUT2D eigenvalue weighted by Gasteiger charge is 2.13. The lowest BCUT2D eigenvalue weighted by Crippen LogP contribution is -2.26. The van der Waals surface area contributed by atoms with Crippen molar-refractivity contribution in [1.29, 1.82) is 0 Å². The quantitative estimate of drug-likeness (QED) is 0.184. The number of amides is 3. The Labute approximate surface area is 249 Å². The van der Waals surface area contributed by atoms with Crippen LogP contribution in [0.1, 0.15) is 53.2 Å². The Morgan fingerprint density at radius 3 is 2.38 bits per heavy atom. The molecule has 2 aromatic heterocycles. The van der Waals surface area contributed by atoms with Gasteiger partial charge in [0.15, 0.2) is 0 Å². The van der Waals surface area contributed by atoms with E-state index in [1.807, 2.05) is 85.3 Å². The number of rotatable bonds is 13. The van der Waals surface area contributed by atoms with Gasteiger partial charge in [-0.1, -0.05) is 65.9 Å². The predicted octanol–water partition coefficient (Wildman–Crippen LogP) is 5.22. The molecule has 10 nitrogen and oxygen atoms in total. The molecule has 2 aromatic carbocycles. The minimum absolute atomic E-state index is 0.0378. The minimum Gasteiger partial charge on any atom is -0.453 e. The SMILES string of the molecule is COC(=O)NC(C)c1cccc(CC(=O)Nc2nnc(CCCCc3ccc(NC(=O)Cc4ccccc4)n3C)s2)c1. The summed E-state index contributed by atoms with van der Waals surface area (Å²) in [5, 5.41) is 18.3. The number of aromatic nitrogens is 3. The van der Waals surface area contributed by atoms with E-state index in [0.717, 1.165) is 58.9 Å². The van der Waals surface area contributed by atoms with Crippen LogP contribution in [0.15, 0.2) is 66.7 Å². The monoisotopic (exact) mass is 588 g/mol. The first-order valence-corrected chi connectivity index (χ1v) is 14.7. The summed E-state index contributed by atoms with van der Waals surface area (Å²) in [5.41, 5.74) is 3.83. The van der Waals surface area contributed by atoms with E-state index in [-0.39, 0.29) is 24.3 Å². The van der Waals surface area contributed by atoms with Gasteiger partial charge >= 0.3 is 6.09 Å². The Morgan fingerprint density at radius 2 is 1.60 bits per heavy atom. The second-order valence-corrected chi connectivity index (χ2v) is 11.1. The van der Waals surface area contributed by atoms with E-state index < -0.39 is 6.09 Å². The third-order valence-corrected chi connectivity index (χ3v) is 7.72. The van der Waals surface area contributed by atoms with Crippen LogP contribution in [0, 0.1) is 0 Å². The van der Waals surface area contributed by atoms with Crippen LogP contribution in [-0.4, -0.2) is 39.8 Å². The molecule has 4 aromatic rings. The number of hydrogen-bond donors (Lipinski definition) is 3. The Balaban J connectivity index is 1.19. The molecule has 3 N–H and O–H groups in total. The predicted molar refractivity (Wildman–Crippen MR) is 163 cm³/mol. The lowest BCUT2D eigenvalue weighted by Gasteiger charge is -2.14. The second kappa shape index (κ2) is 14.9. The minimum atomic E-state index is -0.507. The molecule has 0 saturated carbocycles. The third kappa shape index (κ3) is 9.00. The number of unbranched alkanes of at least 4 members (excludes halogenated alkanes) is 1. The maximum absolute atomic E-state index is 12.6. The molecule has 0 fully saturated rings. The van der Waals surface area contributed by atoms with Gasteiger partial charge in [0.1, 0.15) is 10.8 Å². The number of carbonyl (C=O) groups is 3. The number of anilines is 2. The maximum Gasteiger partial charge on any atom is 0.407 e. The fraction of sp³-hybridized carbons (Fsp3) is 0.323. The summed E-state index contributed by atoms with van der Waals surface area (Å²) in [6.45, 7) is 1.85. The van der Waals surface area contributed by atoms with Crippen LogP contribution in [0.4, 0.5) is 15.7 Å². The summed E-state index contributed by atoms with van der Waals surface area (Å²) in [5.74, 6) is 0.567. The third-order valence-electron chi connectivity index (χ3n) is 6.82. The Kier molecular flexibility index (Phi) is 10.8. The van der Waals surface area contributed by atoms with Crippen LogP contribution in [-0.2, 0) is 47.1 Å². The molecule has 0 aliphatic carbocycles. The number of alkyl carbamates (subject to hydrolysis) is 1. The van der Waals surface area contributed by atoms with E-state index in [9.17, 15) is 14.4 Å². The van der Waals surface area contributed by atoms with Crippen molar-refractivity contribution in [3.8, 4) is 0 Å². The van der Waals surface area contributed by atoms with E-state index in [0.29, 0.717) is 11.6 Å². The maximum atomic E-state index is 12.6. The van der Waals surface area contributed by atoms with Gasteiger partial charge in [-0.3, -0.25) is 9.59 Å². The first-order valence-electron chi connectivity index (χ1n) is 13.8. The number of methoxy groups -OCH3 is 1. The van der Waals surface area contributed by atoms with E-state index in [2.05, 4.69) is 30.9 Å². The molecule has 11 heteroatoms. The molecule has 0 radical (unpaired) electrons. The molecule has 0 aliphatic heterocycles. The zero-order valence-corrected chi connectivity index (χ0v) is 24.9. The van der Waals surface area contributed by atoms with Crippen molar-refractivity contribution in [3.63, 3.8) is 0 Å². The average molecular weight is 589 g/mol. The molecule has 42 heavy (non-hydrogen) atoms. The molecule has 3 amide bonds. The van der Waals surface area contributed by atoms with E-state index >= 15 is 0 Å². The van der Waals surface area contributed by atoms with Crippen molar-refractivity contribution in [2.45, 2.75) is 51.5 Å². The fourth-order valence-electron chi connectivity index (χ4n) is 4.53. The van der Waals surface area contributed by atoms with E-state index in [4.69, 9.17) is 0 Å². The molecule has 0 bridgehead atoms. The van der Waals surface area contributed by atoms with Crippen molar-refractivity contribution in [2.75, 3.05) is 17.7 Å². The van der Waals surface area contributed by atoms with Gasteiger partial charge in [-0.2, -0.15) is 0 Å². The number of carbonyl (C=O) groups excluding carboxylic acids is 3. The normalized spacial score (nSPS) is 11.5. The molecule has 0 saturated heterocycles. The molecule has 0 spiro atoms. The fourth-order valence-corrected chi connectivity index (χ4v) is 5.32. The molecule has 2 heterocycles. The molecule has 220 valence electrons. The Hall–Kier alpha value is -4.51. The van der Waals surface area contributed by atoms with Gasteiger partial charge in [0.2, 0.25) is 16.9 Å². The van der Waals surface area contributed by atoms with Gasteiger partial charge in [-0.25, -0.2) is 4.79 Å². The summed E-state index contributed by atoms with van der Waals surface area (Å²) in [6, 6.07) is 20.9. The van der Waals surface area contributed by atoms with Crippen LogP contribution < -0.4 is 16.0 Å². The summed E-state index contributed by atoms with van der Waals surface area (Å²) in [7, 11) is 3.28. The summed E-state index contributed by atoms with van der Waals surface area (Å²) in [6.07, 6.45) is 3.54. The number of benzene rings is 2. The zero-order chi connectivity index (χ0) is 29.9. The molecule has 1 atom stereocenters. The summed E-state index contributed by atoms with van der Waals surface area (Å²) in [4.78, 5) is 36.5. The first-order chi connectivity index (χ1) is 20.3. The molecular weight excluding hydrogens is 552 g/mol. The second-order valence-electron chi connectivity index (χ2n) is 10.0. The Morgan fingerprint density at radius 1 is 0.881 bits per heavy atom. The molecule has 4 rings (SSSR count). The number of hydrogen-bond acceptors (Lipinski definition) is 7. The van der Waals surface area contributed by atoms with Gasteiger partial charge in [0, 0.05) is 19.2 Å². The van der Waals surface area contributed by atoms with Crippen LogP contribution in [0.5, 0.6) is 0 Å². The summed E-state index contributed by atoms with van der Waals surface area (Å²) < 4.78 is 6.67. The zero-order valence-electron chi connectivity index (χ0n) is 24.1. The van der Waals surface area contributed by atoms with Gasteiger partial charge in [-0.05, 0) is 55.0 Å². The van der Waals surface area contributed by atoms with Crippen LogP contribution in [0.3, 0.4) is 0 Å². The molecular formula is C31H36N6O4S. The summed E-state index contributed by atoms with van der Waals surface area (Å²) >= 11 is 1.38. The lowest BCUT2D eigenvalue weighted by atomic mass is 10.0. The van der Waals surface area contributed by atoms with Crippen molar-refractivity contribution < 1.29 is 19.1 Å². The van der Waals surface area contributed by atoms with Crippen LogP contribution in [0.25, 0.3) is 0 Å². The van der Waals surface area contributed by atoms with Gasteiger partial charge in [0.05, 0.1) is 26.0 Å². The highest BCUT2D eigenvalue weighted by molar-refractivity contribution is 7.15. The van der Waals surface area contributed by atoms with Crippen molar-refractivity contribution >= 4 is 40.2 Å². The first kappa shape index (κ1) is 30.4. The van der Waals surface area contributed by atoms with Crippen LogP contribution in [0.2, 0.25) is 0 Å². The standard InChI is InChI=1S/C31H36N6O4S/c1-21(32-31(40)41-3)24-13-9-12-23(18-24)20-28(39)34-30-36-35-29(42-30)15-8-7-14-25-16-17-26(37(25)2)33-27(38)19-22-10-5-4-6-11-22/h4-6,9-13,16-18,21H,7-8,14-15,19-20H2,1-3H3,(H,32,40)(H,33,38)(H,34,36,39). The number of nitrogens with zero attached hydrogens (tertiary/aromatic N) is 3. The highest BCUT2D eigenvalue weighted by Crippen LogP contribution is 2.20. The molecule has 0 aliphatic rings. The highest BCUT2D eigenvalue weighted by atomic mass is 32.1. The van der Waals surface area contributed by atoms with Crippen molar-refractivity contribution in [2.24, 2.45) is 7.05 Å². The van der Waals surface area contributed by atoms with Crippen LogP contribution >= 0.6 is 11.3 Å². The average Bonchev–Trinajstić information content (AvgIpc) is 3.57. The number of aryl methyl sites for hydroxylation is 2. The van der Waals surface area contributed by atoms with Gasteiger partial charge < -0.3 is 25.3 Å². The van der Waals surface area contributed by atoms with Gasteiger partial charge in [-0.15, -0.1) is 10.2 Å². The van der Waals surface area contributed by atoms with E-state index in [1.165, 1.54) is 18.4 Å². The number of nitrogens with one attached hydrogen (secondary N) is 3. The molecule has 1 unspecified atom stereocenters. The van der Waals surface area contributed by atoms with Crippen molar-refractivity contribution in [3.05, 3.63) is 94.1 Å². The van der Waals surface area contributed by atoms with Gasteiger partial charge in [0.25, 0.3) is 0 Å². The van der Waals surface area contributed by atoms with Crippen molar-refractivity contribution in [1.82, 2.24) is 20.1 Å².